The molecule has 4 unspecified atom stereocenters. The van der Waals surface area contributed by atoms with Crippen molar-refractivity contribution in [2.45, 2.75) is 176 Å². The Morgan fingerprint density at radius 1 is 0.784 bits per heavy atom. The summed E-state index contributed by atoms with van der Waals surface area (Å²) in [7, 11) is 0. The van der Waals surface area contributed by atoms with Crippen molar-refractivity contribution in [3.8, 4) is 0 Å². The van der Waals surface area contributed by atoms with E-state index in [2.05, 4.69) is 39.9 Å². The van der Waals surface area contributed by atoms with Gasteiger partial charge >= 0.3 is 17.9 Å². The van der Waals surface area contributed by atoms with E-state index in [1.807, 2.05) is 0 Å². The van der Waals surface area contributed by atoms with Crippen molar-refractivity contribution < 1.29 is 42.9 Å². The lowest BCUT2D eigenvalue weighted by atomic mass is 9.44. The van der Waals surface area contributed by atoms with E-state index in [0.717, 1.165) is 54.8 Å². The molecule has 0 radical (unpaired) electrons. The quantitative estimate of drug-likeness (QED) is 0.127. The van der Waals surface area contributed by atoms with Gasteiger partial charge in [0.25, 0.3) is 0 Å². The molecule has 1 amide bonds. The third-order valence-corrected chi connectivity index (χ3v) is 14.2. The van der Waals surface area contributed by atoms with Crippen LogP contribution < -0.4 is 5.32 Å². The molecule has 5 rings (SSSR count). The summed E-state index contributed by atoms with van der Waals surface area (Å²) < 4.78 is 29.7. The Kier molecular flexibility index (Phi) is 12.9. The summed E-state index contributed by atoms with van der Waals surface area (Å²) >= 11 is 0. The van der Waals surface area contributed by atoms with Gasteiger partial charge in [-0.3, -0.25) is 19.2 Å². The van der Waals surface area contributed by atoms with Crippen molar-refractivity contribution in [3.63, 3.8) is 0 Å². The first-order chi connectivity index (χ1) is 24.0. The Hall–Kier alpha value is -2.20. The molecule has 0 aromatic carbocycles. The molecule has 1 aliphatic heterocycles. The number of carbonyl (C=O) groups excluding carboxylic acids is 4. The Balaban J connectivity index is 1.29. The highest BCUT2D eigenvalue weighted by Gasteiger charge is 2.61. The molecule has 0 aromatic rings. The molecule has 0 aromatic heterocycles. The summed E-state index contributed by atoms with van der Waals surface area (Å²) in [5.74, 6) is 3.18. The second-order valence-corrected chi connectivity index (χ2v) is 17.9. The van der Waals surface area contributed by atoms with Gasteiger partial charge < -0.3 is 29.0 Å². The zero-order valence-corrected chi connectivity index (χ0v) is 32.9. The van der Waals surface area contributed by atoms with Crippen LogP contribution >= 0.6 is 0 Å². The van der Waals surface area contributed by atoms with Crippen molar-refractivity contribution in [3.05, 3.63) is 0 Å². The summed E-state index contributed by atoms with van der Waals surface area (Å²) in [6.45, 7) is 17.4. The highest BCUT2D eigenvalue weighted by atomic mass is 16.7. The summed E-state index contributed by atoms with van der Waals surface area (Å²) in [6.07, 6.45) is 10.5. The lowest BCUT2D eigenvalue weighted by molar-refractivity contribution is -0.293. The Morgan fingerprint density at radius 3 is 2.10 bits per heavy atom. The number of fused-ring (bicyclic) bond motifs is 5. The lowest BCUT2D eigenvalue weighted by Crippen LogP contribution is -2.67. The minimum Gasteiger partial charge on any atom is -0.463 e. The standard InChI is InChI=1S/C41H67NO9/c1-23(2)11-10-12-24(3)32-15-16-33-31-14-13-29-21-30(17-19-40(29,8)34(31)18-20-41(32,33)9)50-39-36(42-25(4)43)38(49-28(7)46)37(48-27(6)45)35(51-39)22-47-26(5)44/h23-24,29-39H,10-22H2,1-9H3,(H,42,43)/t24-,29?,30-,31?,32-,33?,34?,35+,36-,37-,38-,39-,40+,41-/m1/s1. The molecule has 1 saturated heterocycles. The molecular weight excluding hydrogens is 650 g/mol. The molecule has 1 N–H and O–H groups in total. The van der Waals surface area contributed by atoms with Gasteiger partial charge in [-0.05, 0) is 110 Å². The van der Waals surface area contributed by atoms with Crippen LogP contribution in [0.1, 0.15) is 139 Å². The highest BCUT2D eigenvalue weighted by Crippen LogP contribution is 2.68. The number of hydrogen-bond acceptors (Lipinski definition) is 9. The van der Waals surface area contributed by atoms with E-state index >= 15 is 0 Å². The SMILES string of the molecule is CC(=O)N[C@H]1[C@H](O[C@@H]2CC[C@@]3(C)C(CCC4C3CC[C@@]3(C)C4CC[C@@H]3[C@H](C)CCCC(C)C)C2)O[C@@H](COC(C)=O)[C@@H](OC(C)=O)[C@@H]1OC(C)=O. The summed E-state index contributed by atoms with van der Waals surface area (Å²) in [6, 6.07) is -0.938. The van der Waals surface area contributed by atoms with Crippen molar-refractivity contribution in [1.82, 2.24) is 5.32 Å². The number of esters is 3. The van der Waals surface area contributed by atoms with E-state index in [-0.39, 0.29) is 24.0 Å². The molecule has 4 aliphatic carbocycles. The van der Waals surface area contributed by atoms with Crippen molar-refractivity contribution >= 4 is 23.8 Å². The van der Waals surface area contributed by atoms with Gasteiger partial charge in [0.2, 0.25) is 5.91 Å². The second kappa shape index (κ2) is 16.4. The van der Waals surface area contributed by atoms with Crippen LogP contribution in [0.4, 0.5) is 0 Å². The first kappa shape index (κ1) is 40.0. The van der Waals surface area contributed by atoms with Crippen LogP contribution in [0.2, 0.25) is 0 Å². The molecule has 51 heavy (non-hydrogen) atoms. The number of carbonyl (C=O) groups is 4. The van der Waals surface area contributed by atoms with Crippen LogP contribution in [-0.4, -0.2) is 67.2 Å². The third kappa shape index (κ3) is 8.79. The third-order valence-electron chi connectivity index (χ3n) is 14.2. The number of hydrogen-bond donors (Lipinski definition) is 1. The number of ether oxygens (including phenoxy) is 5. The average Bonchev–Trinajstić information content (AvgIpc) is 3.39. The fraction of sp³-hybridized carbons (Fsp3) is 0.902. The summed E-state index contributed by atoms with van der Waals surface area (Å²) in [5, 5.41) is 2.85. The van der Waals surface area contributed by atoms with Crippen LogP contribution in [0.5, 0.6) is 0 Å². The maximum absolute atomic E-state index is 12.5. The van der Waals surface area contributed by atoms with Gasteiger partial charge in [0.15, 0.2) is 18.5 Å². The van der Waals surface area contributed by atoms with E-state index in [1.54, 1.807) is 0 Å². The molecule has 290 valence electrons. The van der Waals surface area contributed by atoms with Gasteiger partial charge in [-0.2, -0.15) is 0 Å². The Labute approximate surface area is 306 Å². The average molecular weight is 718 g/mol. The zero-order valence-electron chi connectivity index (χ0n) is 32.9. The number of amides is 1. The maximum atomic E-state index is 12.5. The molecule has 0 bridgehead atoms. The summed E-state index contributed by atoms with van der Waals surface area (Å²) in [5.41, 5.74) is 0.720. The van der Waals surface area contributed by atoms with Crippen LogP contribution in [-0.2, 0) is 42.9 Å². The van der Waals surface area contributed by atoms with Crippen molar-refractivity contribution in [2.24, 2.45) is 52.3 Å². The van der Waals surface area contributed by atoms with Crippen molar-refractivity contribution in [1.29, 1.82) is 0 Å². The molecule has 5 aliphatic rings. The van der Waals surface area contributed by atoms with E-state index < -0.39 is 48.6 Å². The summed E-state index contributed by atoms with van der Waals surface area (Å²) in [4.78, 5) is 48.7. The predicted octanol–water partition coefficient (Wildman–Crippen LogP) is 7.15. The van der Waals surface area contributed by atoms with E-state index in [0.29, 0.717) is 11.3 Å². The minimum absolute atomic E-state index is 0.130. The topological polar surface area (TPSA) is 126 Å². The molecule has 10 heteroatoms. The fourth-order valence-corrected chi connectivity index (χ4v) is 12.0. The van der Waals surface area contributed by atoms with Crippen LogP contribution in [0, 0.1) is 52.3 Å². The lowest BCUT2D eigenvalue weighted by Gasteiger charge is -2.61. The van der Waals surface area contributed by atoms with Gasteiger partial charge in [0.1, 0.15) is 18.8 Å². The van der Waals surface area contributed by atoms with Gasteiger partial charge in [-0.25, -0.2) is 0 Å². The van der Waals surface area contributed by atoms with Crippen LogP contribution in [0.25, 0.3) is 0 Å². The predicted molar refractivity (Wildman–Crippen MR) is 192 cm³/mol. The normalized spacial score (nSPS) is 41.0. The Morgan fingerprint density at radius 2 is 1.45 bits per heavy atom. The molecule has 4 saturated carbocycles. The Bertz CT molecular complexity index is 1260. The van der Waals surface area contributed by atoms with E-state index in [1.165, 1.54) is 85.5 Å². The first-order valence-electron chi connectivity index (χ1n) is 20.1. The van der Waals surface area contributed by atoms with Crippen molar-refractivity contribution in [2.75, 3.05) is 6.61 Å². The maximum Gasteiger partial charge on any atom is 0.303 e. The highest BCUT2D eigenvalue weighted by molar-refractivity contribution is 5.73. The number of nitrogens with one attached hydrogen (secondary N) is 1. The second-order valence-electron chi connectivity index (χ2n) is 17.9. The molecule has 1 heterocycles. The van der Waals surface area contributed by atoms with Crippen LogP contribution in [0.3, 0.4) is 0 Å². The minimum atomic E-state index is -1.12. The van der Waals surface area contributed by atoms with Gasteiger partial charge in [0, 0.05) is 27.7 Å². The molecule has 14 atom stereocenters. The largest absolute Gasteiger partial charge is 0.463 e. The van der Waals surface area contributed by atoms with Gasteiger partial charge in [-0.15, -0.1) is 0 Å². The van der Waals surface area contributed by atoms with E-state index in [9.17, 15) is 19.2 Å². The smallest absolute Gasteiger partial charge is 0.303 e. The zero-order chi connectivity index (χ0) is 37.2. The van der Waals surface area contributed by atoms with Gasteiger partial charge in [-0.1, -0.05) is 53.9 Å². The molecule has 10 nitrogen and oxygen atoms in total. The molecule has 5 fully saturated rings. The fourth-order valence-electron chi connectivity index (χ4n) is 12.0. The van der Waals surface area contributed by atoms with E-state index in [4.69, 9.17) is 23.7 Å². The molecule has 0 spiro atoms. The van der Waals surface area contributed by atoms with Gasteiger partial charge in [0.05, 0.1) is 6.10 Å². The number of rotatable bonds is 12. The van der Waals surface area contributed by atoms with Crippen LogP contribution in [0.15, 0.2) is 0 Å². The monoisotopic (exact) mass is 717 g/mol. The molecular formula is C41H67NO9. The first-order valence-corrected chi connectivity index (χ1v) is 20.1.